The number of halogens is 6. The van der Waals surface area contributed by atoms with Crippen LogP contribution in [0.4, 0.5) is 36.8 Å². The van der Waals surface area contributed by atoms with Crippen LogP contribution in [0.5, 0.6) is 5.75 Å². The molecular formula is C33H38F6N4O5. The van der Waals surface area contributed by atoms with Gasteiger partial charge in [0.15, 0.2) is 0 Å². The van der Waals surface area contributed by atoms with Gasteiger partial charge < -0.3 is 25.0 Å². The third-order valence-corrected chi connectivity index (χ3v) is 8.60. The third kappa shape index (κ3) is 6.56. The van der Waals surface area contributed by atoms with Gasteiger partial charge in [-0.1, -0.05) is 30.4 Å². The number of carbonyl (C=O) groups excluding carboxylic acids is 3. The Labute approximate surface area is 274 Å². The molecule has 2 fully saturated rings. The van der Waals surface area contributed by atoms with Gasteiger partial charge in [-0.2, -0.15) is 26.3 Å². The Balaban J connectivity index is 1.52. The number of alkyl halides is 6. The lowest BCUT2D eigenvalue weighted by atomic mass is 9.89. The zero-order chi connectivity index (χ0) is 36.0. The Hall–Kier alpha value is -4.27. The number of amides is 4. The number of nitrogens with zero attached hydrogens (tertiary/aromatic N) is 3. The largest absolute Gasteiger partial charge is 0.491 e. The molecule has 48 heavy (non-hydrogen) atoms. The van der Waals surface area contributed by atoms with Crippen LogP contribution in [0.1, 0.15) is 58.2 Å². The van der Waals surface area contributed by atoms with Crippen molar-refractivity contribution in [2.75, 3.05) is 24.5 Å². The van der Waals surface area contributed by atoms with Crippen LogP contribution in [0.2, 0.25) is 0 Å². The summed E-state index contributed by atoms with van der Waals surface area (Å²) in [5, 5.41) is 12.6. The first-order valence-electron chi connectivity index (χ1n) is 15.3. The van der Waals surface area contributed by atoms with Gasteiger partial charge in [0.1, 0.15) is 17.8 Å². The first-order chi connectivity index (χ1) is 22.1. The van der Waals surface area contributed by atoms with Crippen molar-refractivity contribution in [1.29, 1.82) is 0 Å². The fourth-order valence-electron chi connectivity index (χ4n) is 6.05. The van der Waals surface area contributed by atoms with E-state index in [9.17, 15) is 45.8 Å². The molecule has 3 atom stereocenters. The zero-order valence-electron chi connectivity index (χ0n) is 27.2. The molecule has 0 spiro atoms. The minimum atomic E-state index is -6.04. The van der Waals surface area contributed by atoms with Crippen LogP contribution >= 0.6 is 0 Å². The SMILES string of the molecule is CC=Cc1cc(C(O)(C(F)(F)F)C(F)(F)F)ccc1N1C[C@@H](C)N(C(=O)CN2C(=O)NC(C)(c3ccc(OC(C)C)cc3)C2=O)C[C@@H]1C. The second-order valence-electron chi connectivity index (χ2n) is 12.5. The van der Waals surface area contributed by atoms with E-state index in [2.05, 4.69) is 5.32 Å². The van der Waals surface area contributed by atoms with Gasteiger partial charge in [-0.3, -0.25) is 14.5 Å². The molecule has 15 heteroatoms. The van der Waals surface area contributed by atoms with Crippen molar-refractivity contribution in [3.63, 3.8) is 0 Å². The van der Waals surface area contributed by atoms with E-state index in [1.807, 2.05) is 13.8 Å². The number of benzene rings is 2. The van der Waals surface area contributed by atoms with Gasteiger partial charge in [0.05, 0.1) is 6.10 Å². The summed E-state index contributed by atoms with van der Waals surface area (Å²) >= 11 is 0. The van der Waals surface area contributed by atoms with Gasteiger partial charge >= 0.3 is 18.4 Å². The molecule has 2 saturated heterocycles. The number of hydrogen-bond acceptors (Lipinski definition) is 6. The first-order valence-corrected chi connectivity index (χ1v) is 15.3. The highest BCUT2D eigenvalue weighted by atomic mass is 19.4. The zero-order valence-corrected chi connectivity index (χ0v) is 27.2. The lowest BCUT2D eigenvalue weighted by Gasteiger charge is -2.46. The van der Waals surface area contributed by atoms with Crippen molar-refractivity contribution in [3.8, 4) is 5.75 Å². The van der Waals surface area contributed by atoms with Crippen molar-refractivity contribution in [1.82, 2.24) is 15.1 Å². The number of rotatable bonds is 8. The van der Waals surface area contributed by atoms with E-state index < -0.39 is 65.5 Å². The molecule has 2 aromatic carbocycles. The molecule has 4 amide bonds. The Bertz CT molecular complexity index is 1560. The summed E-state index contributed by atoms with van der Waals surface area (Å²) < 4.78 is 87.1. The highest BCUT2D eigenvalue weighted by molar-refractivity contribution is 6.09. The average molecular weight is 685 g/mol. The van der Waals surface area contributed by atoms with Crippen molar-refractivity contribution >= 4 is 29.6 Å². The topological polar surface area (TPSA) is 102 Å². The van der Waals surface area contributed by atoms with Gasteiger partial charge in [-0.25, -0.2) is 4.79 Å². The molecule has 262 valence electrons. The molecule has 0 radical (unpaired) electrons. The molecule has 4 rings (SSSR count). The predicted molar refractivity (Wildman–Crippen MR) is 165 cm³/mol. The van der Waals surface area contributed by atoms with E-state index in [-0.39, 0.29) is 24.8 Å². The number of urea groups is 1. The highest BCUT2D eigenvalue weighted by Gasteiger charge is 2.71. The maximum Gasteiger partial charge on any atom is 0.430 e. The van der Waals surface area contributed by atoms with E-state index in [1.165, 1.54) is 30.9 Å². The number of ether oxygens (including phenoxy) is 1. The van der Waals surface area contributed by atoms with E-state index in [0.29, 0.717) is 29.1 Å². The van der Waals surface area contributed by atoms with Gasteiger partial charge in [-0.05, 0) is 76.9 Å². The maximum atomic E-state index is 13.6. The number of allylic oxidation sites excluding steroid dienone is 1. The predicted octanol–water partition coefficient (Wildman–Crippen LogP) is 5.71. The normalized spacial score (nSPS) is 22.6. The number of hydrogen-bond donors (Lipinski definition) is 2. The van der Waals surface area contributed by atoms with Crippen molar-refractivity contribution in [2.24, 2.45) is 0 Å². The van der Waals surface area contributed by atoms with E-state index in [1.54, 1.807) is 43.0 Å². The summed E-state index contributed by atoms with van der Waals surface area (Å²) in [6.45, 7) is 9.89. The summed E-state index contributed by atoms with van der Waals surface area (Å²) in [6.07, 6.45) is -9.36. The van der Waals surface area contributed by atoms with E-state index >= 15 is 0 Å². The molecule has 2 heterocycles. The van der Waals surface area contributed by atoms with Gasteiger partial charge in [0.2, 0.25) is 5.91 Å². The standard InChI is InChI=1S/C33H38F6N4O5/c1-7-8-22-15-24(31(47,32(34,35)36)33(37,38)39)11-14-26(22)41-16-21(5)42(17-20(41)4)27(44)18-43-28(45)30(6,40-29(43)46)23-9-12-25(13-10-23)48-19(2)3/h7-15,19-21,47H,16-18H2,1-6H3,(H,40,46)/t20-,21+,30?/m0/s1. The Kier molecular flexibility index (Phi) is 9.88. The second-order valence-corrected chi connectivity index (χ2v) is 12.5. The number of imide groups is 1. The van der Waals surface area contributed by atoms with E-state index in [4.69, 9.17) is 4.74 Å². The fraction of sp³-hybridized carbons (Fsp3) is 0.485. The van der Waals surface area contributed by atoms with E-state index in [0.717, 1.165) is 11.0 Å². The molecule has 9 nitrogen and oxygen atoms in total. The molecule has 2 N–H and O–H groups in total. The van der Waals surface area contributed by atoms with Crippen molar-refractivity contribution < 1.29 is 50.6 Å². The van der Waals surface area contributed by atoms with Crippen LogP contribution in [0.25, 0.3) is 6.08 Å². The first kappa shape index (κ1) is 36.6. The molecule has 0 aliphatic carbocycles. The van der Waals surface area contributed by atoms with Crippen LogP contribution < -0.4 is 15.0 Å². The Morgan fingerprint density at radius 1 is 1.02 bits per heavy atom. The minimum absolute atomic E-state index is 0.00294. The highest BCUT2D eigenvalue weighted by Crippen LogP contribution is 2.50. The number of nitrogens with one attached hydrogen (secondary N) is 1. The quantitative estimate of drug-likeness (QED) is 0.273. The monoisotopic (exact) mass is 684 g/mol. The molecule has 0 saturated carbocycles. The van der Waals surface area contributed by atoms with Crippen LogP contribution in [0, 0.1) is 0 Å². The van der Waals surface area contributed by atoms with Crippen LogP contribution in [0.15, 0.2) is 48.5 Å². The summed E-state index contributed by atoms with van der Waals surface area (Å²) in [7, 11) is 0. The molecule has 0 aromatic heterocycles. The smallest absolute Gasteiger partial charge is 0.430 e. The van der Waals surface area contributed by atoms with Crippen molar-refractivity contribution in [2.45, 2.75) is 83.2 Å². The number of anilines is 1. The fourth-order valence-corrected chi connectivity index (χ4v) is 6.05. The van der Waals surface area contributed by atoms with Crippen LogP contribution in [-0.2, 0) is 20.7 Å². The number of carbonyl (C=O) groups is 3. The molecular weight excluding hydrogens is 646 g/mol. The van der Waals surface area contributed by atoms with Gasteiger partial charge in [0.25, 0.3) is 11.5 Å². The summed E-state index contributed by atoms with van der Waals surface area (Å²) in [4.78, 5) is 44.0. The average Bonchev–Trinajstić information content (AvgIpc) is 3.20. The summed E-state index contributed by atoms with van der Waals surface area (Å²) in [5.74, 6) is -0.556. The molecule has 0 bridgehead atoms. The molecule has 2 aliphatic rings. The molecule has 2 aliphatic heterocycles. The van der Waals surface area contributed by atoms with Crippen LogP contribution in [0.3, 0.4) is 0 Å². The minimum Gasteiger partial charge on any atom is -0.491 e. The Morgan fingerprint density at radius 2 is 1.62 bits per heavy atom. The maximum absolute atomic E-state index is 13.6. The second kappa shape index (κ2) is 13.0. The number of piperazine rings is 1. The molecule has 2 aromatic rings. The van der Waals surface area contributed by atoms with Gasteiger partial charge in [0, 0.05) is 36.4 Å². The number of aliphatic hydroxyl groups is 1. The Morgan fingerprint density at radius 3 is 2.17 bits per heavy atom. The lowest BCUT2D eigenvalue weighted by molar-refractivity contribution is -0.376. The van der Waals surface area contributed by atoms with Crippen molar-refractivity contribution in [3.05, 3.63) is 65.2 Å². The third-order valence-electron chi connectivity index (χ3n) is 8.60. The summed E-state index contributed by atoms with van der Waals surface area (Å²) in [6, 6.07) is 7.25. The van der Waals surface area contributed by atoms with Crippen LogP contribution in [-0.4, -0.2) is 82.9 Å². The van der Waals surface area contributed by atoms with Gasteiger partial charge in [-0.15, -0.1) is 0 Å². The lowest BCUT2D eigenvalue weighted by Crippen LogP contribution is -2.60. The molecule has 1 unspecified atom stereocenters. The summed E-state index contributed by atoms with van der Waals surface area (Å²) in [5.41, 5.74) is -7.10.